The molecule has 3 N–H and O–H groups in total. The monoisotopic (exact) mass is 433 g/mol. The van der Waals surface area contributed by atoms with Crippen molar-refractivity contribution in [2.75, 3.05) is 5.73 Å². The number of rotatable bonds is 4. The van der Waals surface area contributed by atoms with Gasteiger partial charge in [-0.15, -0.1) is 0 Å². The Morgan fingerprint density at radius 1 is 0.893 bits per heavy atom. The number of nitrogens with one attached hydrogen (secondary N) is 1. The lowest BCUT2D eigenvalue weighted by molar-refractivity contribution is 0.342. The maximum absolute atomic E-state index is 6.13. The van der Waals surface area contributed by atoms with Gasteiger partial charge in [-0.05, 0) is 79.1 Å². The number of hydrogen-bond donors (Lipinski definition) is 2. The van der Waals surface area contributed by atoms with Gasteiger partial charge in [-0.2, -0.15) is 0 Å². The molecular weight excluding hydrogens is 413 g/mol. The highest BCUT2D eigenvalue weighted by atomic mass is 35.5. The first-order valence-electron chi connectivity index (χ1n) is 9.52. The Kier molecular flexibility index (Phi) is 5.98. The maximum Gasteiger partial charge on any atom is 0.124 e. The largest absolute Gasteiger partial charge is 0.384 e. The molecular formula is C22H22Cl3N3. The topological polar surface area (TPSA) is 50.9 Å². The van der Waals surface area contributed by atoms with Crippen molar-refractivity contribution in [1.82, 2.24) is 10.3 Å². The third-order valence-electron chi connectivity index (χ3n) is 5.51. The quantitative estimate of drug-likeness (QED) is 0.487. The van der Waals surface area contributed by atoms with Crippen LogP contribution in [-0.2, 0) is 6.54 Å². The Morgan fingerprint density at radius 2 is 1.61 bits per heavy atom. The zero-order valence-corrected chi connectivity index (χ0v) is 17.7. The second-order valence-corrected chi connectivity index (χ2v) is 8.81. The molecule has 0 bridgehead atoms. The van der Waals surface area contributed by atoms with Crippen molar-refractivity contribution in [3.05, 3.63) is 68.7 Å². The molecule has 28 heavy (non-hydrogen) atoms. The van der Waals surface area contributed by atoms with Gasteiger partial charge in [0.05, 0.1) is 5.52 Å². The van der Waals surface area contributed by atoms with E-state index in [0.29, 0.717) is 32.8 Å². The van der Waals surface area contributed by atoms with Crippen LogP contribution in [0.25, 0.3) is 10.9 Å². The molecule has 0 saturated heterocycles. The minimum atomic E-state index is 0.493. The summed E-state index contributed by atoms with van der Waals surface area (Å²) >= 11 is 18.3. The summed E-state index contributed by atoms with van der Waals surface area (Å²) in [7, 11) is 0. The van der Waals surface area contributed by atoms with Gasteiger partial charge >= 0.3 is 0 Å². The Balaban J connectivity index is 1.42. The van der Waals surface area contributed by atoms with Gasteiger partial charge < -0.3 is 11.1 Å². The van der Waals surface area contributed by atoms with Crippen molar-refractivity contribution < 1.29 is 0 Å². The number of nitrogen functional groups attached to an aromatic ring is 1. The molecule has 1 fully saturated rings. The van der Waals surface area contributed by atoms with E-state index in [0.717, 1.165) is 48.7 Å². The number of hydrogen-bond acceptors (Lipinski definition) is 3. The maximum atomic E-state index is 6.13. The summed E-state index contributed by atoms with van der Waals surface area (Å²) in [4.78, 5) is 4.44. The van der Waals surface area contributed by atoms with E-state index in [1.54, 1.807) is 6.07 Å². The fourth-order valence-corrected chi connectivity index (χ4v) is 4.91. The molecule has 146 valence electrons. The molecule has 1 saturated carbocycles. The van der Waals surface area contributed by atoms with Crippen molar-refractivity contribution in [3.8, 4) is 0 Å². The molecule has 3 nitrogen and oxygen atoms in total. The number of nitrogens with two attached hydrogens (primary N) is 1. The van der Waals surface area contributed by atoms with E-state index < -0.39 is 0 Å². The average molecular weight is 435 g/mol. The first kappa shape index (κ1) is 19.8. The molecule has 0 spiro atoms. The van der Waals surface area contributed by atoms with Crippen molar-refractivity contribution in [1.29, 1.82) is 0 Å². The van der Waals surface area contributed by atoms with Gasteiger partial charge in [0.2, 0.25) is 0 Å². The summed E-state index contributed by atoms with van der Waals surface area (Å²) in [6, 6.07) is 14.1. The molecule has 1 aliphatic rings. The number of anilines is 1. The van der Waals surface area contributed by atoms with E-state index in [1.807, 2.05) is 30.3 Å². The SMILES string of the molecule is Nc1cc(C2CCC(NCc3cc(Cl)cc(Cl)c3)CC2)c2ccc(Cl)cc2n1. The van der Waals surface area contributed by atoms with Gasteiger partial charge in [0.1, 0.15) is 5.82 Å². The molecule has 4 rings (SSSR count). The first-order chi connectivity index (χ1) is 13.5. The van der Waals surface area contributed by atoms with Gasteiger partial charge in [-0.25, -0.2) is 4.98 Å². The van der Waals surface area contributed by atoms with Gasteiger partial charge in [0.25, 0.3) is 0 Å². The van der Waals surface area contributed by atoms with E-state index in [2.05, 4.69) is 16.4 Å². The highest BCUT2D eigenvalue weighted by molar-refractivity contribution is 6.34. The molecule has 0 aliphatic heterocycles. The lowest BCUT2D eigenvalue weighted by Gasteiger charge is -2.30. The van der Waals surface area contributed by atoms with Crippen LogP contribution in [0, 0.1) is 0 Å². The minimum Gasteiger partial charge on any atom is -0.384 e. The van der Waals surface area contributed by atoms with E-state index in [1.165, 1.54) is 5.56 Å². The summed E-state index contributed by atoms with van der Waals surface area (Å²) in [5.74, 6) is 1.05. The second kappa shape index (κ2) is 8.46. The van der Waals surface area contributed by atoms with Gasteiger partial charge in [0.15, 0.2) is 0 Å². The van der Waals surface area contributed by atoms with E-state index >= 15 is 0 Å². The minimum absolute atomic E-state index is 0.493. The standard InChI is InChI=1S/C22H22Cl3N3/c23-15-3-6-19-20(11-22(26)28-21(19)10-15)14-1-4-18(5-2-14)27-12-13-7-16(24)9-17(25)8-13/h3,6-11,14,18,27H,1-2,4-5,12H2,(H2,26,28). The van der Waals surface area contributed by atoms with E-state index in [9.17, 15) is 0 Å². The molecule has 1 aromatic heterocycles. The van der Waals surface area contributed by atoms with Gasteiger partial charge in [0, 0.05) is 33.0 Å². The fraction of sp³-hybridized carbons (Fsp3) is 0.318. The molecule has 3 aromatic rings. The zero-order valence-electron chi connectivity index (χ0n) is 15.4. The van der Waals surface area contributed by atoms with Crippen LogP contribution in [0.15, 0.2) is 42.5 Å². The number of aromatic nitrogens is 1. The normalized spacial score (nSPS) is 19.8. The molecule has 2 aromatic carbocycles. The lowest BCUT2D eigenvalue weighted by atomic mass is 9.80. The number of pyridine rings is 1. The van der Waals surface area contributed by atoms with E-state index in [4.69, 9.17) is 40.5 Å². The zero-order chi connectivity index (χ0) is 19.7. The molecule has 1 aliphatic carbocycles. The van der Waals surface area contributed by atoms with Crippen LogP contribution in [0.5, 0.6) is 0 Å². The van der Waals surface area contributed by atoms with Crippen molar-refractivity contribution in [2.24, 2.45) is 0 Å². The second-order valence-electron chi connectivity index (χ2n) is 7.50. The highest BCUT2D eigenvalue weighted by Crippen LogP contribution is 2.37. The molecule has 0 unspecified atom stereocenters. The van der Waals surface area contributed by atoms with Crippen LogP contribution in [-0.4, -0.2) is 11.0 Å². The molecule has 0 amide bonds. The Morgan fingerprint density at radius 3 is 2.32 bits per heavy atom. The summed E-state index contributed by atoms with van der Waals surface area (Å²) in [5.41, 5.74) is 9.34. The number of halogens is 3. The van der Waals surface area contributed by atoms with Crippen LogP contribution in [0.3, 0.4) is 0 Å². The first-order valence-corrected chi connectivity index (χ1v) is 10.7. The van der Waals surface area contributed by atoms with Crippen LogP contribution in [0.4, 0.5) is 5.82 Å². The summed E-state index contributed by atoms with van der Waals surface area (Å²) in [5, 5.41) is 6.84. The predicted octanol–water partition coefficient (Wildman–Crippen LogP) is 6.59. The average Bonchev–Trinajstić information content (AvgIpc) is 2.65. The fourth-order valence-electron chi connectivity index (χ4n) is 4.17. The lowest BCUT2D eigenvalue weighted by Crippen LogP contribution is -2.32. The molecule has 1 heterocycles. The Labute approximate surface area is 180 Å². The van der Waals surface area contributed by atoms with Crippen molar-refractivity contribution >= 4 is 51.5 Å². The third kappa shape index (κ3) is 4.55. The number of fused-ring (bicyclic) bond motifs is 1. The number of nitrogens with zero attached hydrogens (tertiary/aromatic N) is 1. The smallest absolute Gasteiger partial charge is 0.124 e. The van der Waals surface area contributed by atoms with Crippen molar-refractivity contribution in [3.63, 3.8) is 0 Å². The van der Waals surface area contributed by atoms with Crippen LogP contribution < -0.4 is 11.1 Å². The summed E-state index contributed by atoms with van der Waals surface area (Å²) < 4.78 is 0. The van der Waals surface area contributed by atoms with Crippen LogP contribution in [0.2, 0.25) is 15.1 Å². The summed E-state index contributed by atoms with van der Waals surface area (Å²) in [6.45, 7) is 0.777. The summed E-state index contributed by atoms with van der Waals surface area (Å²) in [6.07, 6.45) is 4.48. The van der Waals surface area contributed by atoms with Crippen LogP contribution in [0.1, 0.15) is 42.7 Å². The third-order valence-corrected chi connectivity index (χ3v) is 6.18. The Bertz CT molecular complexity index is 972. The van der Waals surface area contributed by atoms with Crippen LogP contribution >= 0.6 is 34.8 Å². The van der Waals surface area contributed by atoms with Gasteiger partial charge in [-0.1, -0.05) is 40.9 Å². The number of benzene rings is 2. The Hall–Kier alpha value is -1.52. The van der Waals surface area contributed by atoms with Crippen molar-refractivity contribution in [2.45, 2.75) is 44.2 Å². The van der Waals surface area contributed by atoms with Gasteiger partial charge in [-0.3, -0.25) is 0 Å². The highest BCUT2D eigenvalue weighted by Gasteiger charge is 2.24. The van der Waals surface area contributed by atoms with E-state index in [-0.39, 0.29) is 0 Å². The molecule has 0 radical (unpaired) electrons. The predicted molar refractivity (Wildman–Crippen MR) is 119 cm³/mol. The molecule has 6 heteroatoms. The molecule has 0 atom stereocenters.